The molecule has 2 amide bonds. The Bertz CT molecular complexity index is 1570. The molecule has 0 unspecified atom stereocenters. The van der Waals surface area contributed by atoms with Gasteiger partial charge in [-0.1, -0.05) is 29.5 Å². The van der Waals surface area contributed by atoms with Crippen LogP contribution < -0.4 is 21.1 Å². The average molecular weight is 512 g/mol. The standard InChI is InChI=1S/C28H25N5O3S/c1-28(2,15-29)18-6-3-5-17(13-18)26(35)31-19-7-4-8-20(14-19)36-22-12-11-21-24(23(22)30)37-27(32-21)33-25(34)16-9-10-16/h3-8,11-14,16H,9-10,30H2,1-2H3,(H,31,35)(H,32,33,34). The van der Waals surface area contributed by atoms with Gasteiger partial charge in [-0.15, -0.1) is 0 Å². The predicted molar refractivity (Wildman–Crippen MR) is 145 cm³/mol. The van der Waals surface area contributed by atoms with Gasteiger partial charge in [-0.2, -0.15) is 5.26 Å². The van der Waals surface area contributed by atoms with Crippen molar-refractivity contribution in [3.05, 3.63) is 71.8 Å². The van der Waals surface area contributed by atoms with Crippen LogP contribution in [0.4, 0.5) is 16.5 Å². The smallest absolute Gasteiger partial charge is 0.255 e. The third-order valence-corrected chi connectivity index (χ3v) is 7.20. The van der Waals surface area contributed by atoms with E-state index in [9.17, 15) is 14.9 Å². The molecule has 1 aliphatic rings. The highest BCUT2D eigenvalue weighted by molar-refractivity contribution is 7.23. The van der Waals surface area contributed by atoms with Gasteiger partial charge in [-0.05, 0) is 68.7 Å². The van der Waals surface area contributed by atoms with E-state index in [0.29, 0.717) is 39.1 Å². The van der Waals surface area contributed by atoms with Gasteiger partial charge in [-0.3, -0.25) is 9.59 Å². The summed E-state index contributed by atoms with van der Waals surface area (Å²) >= 11 is 1.31. The van der Waals surface area contributed by atoms with E-state index in [1.54, 1.807) is 54.6 Å². The second kappa shape index (κ2) is 9.56. The van der Waals surface area contributed by atoms with Crippen LogP contribution in [0.1, 0.15) is 42.6 Å². The summed E-state index contributed by atoms with van der Waals surface area (Å²) < 4.78 is 6.77. The summed E-state index contributed by atoms with van der Waals surface area (Å²) in [7, 11) is 0. The highest BCUT2D eigenvalue weighted by Gasteiger charge is 2.30. The molecule has 186 valence electrons. The minimum absolute atomic E-state index is 0.00605. The van der Waals surface area contributed by atoms with E-state index in [2.05, 4.69) is 21.7 Å². The highest BCUT2D eigenvalue weighted by Crippen LogP contribution is 2.39. The summed E-state index contributed by atoms with van der Waals surface area (Å²) in [5.41, 5.74) is 8.56. The normalized spacial score (nSPS) is 13.1. The van der Waals surface area contributed by atoms with Crippen LogP contribution >= 0.6 is 11.3 Å². The van der Waals surface area contributed by atoms with Crippen molar-refractivity contribution in [2.24, 2.45) is 5.92 Å². The van der Waals surface area contributed by atoms with Crippen molar-refractivity contribution in [2.75, 3.05) is 16.4 Å². The number of amides is 2. The van der Waals surface area contributed by atoms with Crippen molar-refractivity contribution in [1.29, 1.82) is 5.26 Å². The van der Waals surface area contributed by atoms with Crippen LogP contribution in [-0.2, 0) is 10.2 Å². The van der Waals surface area contributed by atoms with Crippen LogP contribution in [0.25, 0.3) is 10.2 Å². The number of thiazole rings is 1. The number of carbonyl (C=O) groups is 2. The maximum absolute atomic E-state index is 12.9. The van der Waals surface area contributed by atoms with Crippen molar-refractivity contribution in [2.45, 2.75) is 32.1 Å². The summed E-state index contributed by atoms with van der Waals surface area (Å²) in [6.07, 6.45) is 1.84. The van der Waals surface area contributed by atoms with Gasteiger partial charge in [0.1, 0.15) is 5.75 Å². The highest BCUT2D eigenvalue weighted by atomic mass is 32.1. The predicted octanol–water partition coefficient (Wildman–Crippen LogP) is 6.07. The maximum atomic E-state index is 12.9. The van der Waals surface area contributed by atoms with Gasteiger partial charge >= 0.3 is 0 Å². The van der Waals surface area contributed by atoms with E-state index in [1.807, 2.05) is 19.9 Å². The van der Waals surface area contributed by atoms with Gasteiger partial charge in [0.25, 0.3) is 5.91 Å². The Labute approximate surface area is 218 Å². The summed E-state index contributed by atoms with van der Waals surface area (Å²) in [4.78, 5) is 29.4. The Morgan fingerprint density at radius 1 is 1.11 bits per heavy atom. The Kier molecular flexibility index (Phi) is 6.27. The zero-order chi connectivity index (χ0) is 26.2. The van der Waals surface area contributed by atoms with Crippen molar-refractivity contribution >= 4 is 49.9 Å². The van der Waals surface area contributed by atoms with Crippen molar-refractivity contribution < 1.29 is 14.3 Å². The first-order chi connectivity index (χ1) is 17.7. The first kappa shape index (κ1) is 24.3. The summed E-state index contributed by atoms with van der Waals surface area (Å²) in [6.45, 7) is 3.62. The molecular formula is C28H25N5O3S. The van der Waals surface area contributed by atoms with Crippen LogP contribution in [0, 0.1) is 17.2 Å². The number of nitrogens with one attached hydrogen (secondary N) is 2. The molecule has 3 aromatic carbocycles. The second-order valence-electron chi connectivity index (χ2n) is 9.51. The minimum Gasteiger partial charge on any atom is -0.455 e. The number of aromatic nitrogens is 1. The number of ether oxygens (including phenoxy) is 1. The van der Waals surface area contributed by atoms with E-state index >= 15 is 0 Å². The Balaban J connectivity index is 1.32. The lowest BCUT2D eigenvalue weighted by Crippen LogP contribution is -2.17. The molecule has 0 bridgehead atoms. The fraction of sp³-hybridized carbons (Fsp3) is 0.214. The fourth-order valence-electron chi connectivity index (χ4n) is 3.77. The molecule has 4 aromatic rings. The topological polar surface area (TPSA) is 130 Å². The molecule has 0 aliphatic heterocycles. The number of fused-ring (bicyclic) bond motifs is 1. The number of nitriles is 1. The molecular weight excluding hydrogens is 486 g/mol. The molecule has 0 spiro atoms. The van der Waals surface area contributed by atoms with Crippen molar-refractivity contribution in [3.63, 3.8) is 0 Å². The molecule has 0 radical (unpaired) electrons. The van der Waals surface area contributed by atoms with Gasteiger partial charge in [-0.25, -0.2) is 4.98 Å². The number of carbonyl (C=O) groups excluding carboxylic acids is 2. The molecule has 5 rings (SSSR count). The monoisotopic (exact) mass is 511 g/mol. The van der Waals surface area contributed by atoms with E-state index in [-0.39, 0.29) is 17.7 Å². The lowest BCUT2D eigenvalue weighted by molar-refractivity contribution is -0.117. The Morgan fingerprint density at radius 2 is 1.89 bits per heavy atom. The minimum atomic E-state index is -0.702. The van der Waals surface area contributed by atoms with Gasteiger partial charge < -0.3 is 21.1 Å². The number of rotatable bonds is 7. The third-order valence-electron chi connectivity index (χ3n) is 6.18. The second-order valence-corrected chi connectivity index (χ2v) is 10.5. The molecule has 1 aromatic heterocycles. The Hall–Kier alpha value is -4.42. The first-order valence-electron chi connectivity index (χ1n) is 11.8. The molecule has 9 heteroatoms. The van der Waals surface area contributed by atoms with E-state index in [0.717, 1.165) is 23.1 Å². The number of hydrogen-bond acceptors (Lipinski definition) is 7. The number of nitrogens with two attached hydrogens (primary N) is 1. The van der Waals surface area contributed by atoms with Crippen molar-refractivity contribution in [3.8, 4) is 17.6 Å². The number of nitrogens with zero attached hydrogens (tertiary/aromatic N) is 2. The maximum Gasteiger partial charge on any atom is 0.255 e. The molecule has 4 N–H and O–H groups in total. The van der Waals surface area contributed by atoms with Crippen LogP contribution in [-0.4, -0.2) is 16.8 Å². The average Bonchev–Trinajstić information content (AvgIpc) is 3.67. The SMILES string of the molecule is CC(C)(C#N)c1cccc(C(=O)Nc2cccc(Oc3ccc4nc(NC(=O)C5CC5)sc4c3N)c2)c1. The van der Waals surface area contributed by atoms with Crippen LogP contribution in [0.3, 0.4) is 0 Å². The Morgan fingerprint density at radius 3 is 2.65 bits per heavy atom. The van der Waals surface area contributed by atoms with Crippen molar-refractivity contribution in [1.82, 2.24) is 4.98 Å². The molecule has 1 saturated carbocycles. The van der Waals surface area contributed by atoms with Crippen LogP contribution in [0.5, 0.6) is 11.5 Å². The summed E-state index contributed by atoms with van der Waals surface area (Å²) in [6, 6.07) is 19.8. The number of anilines is 3. The van der Waals surface area contributed by atoms with Gasteiger partial charge in [0.2, 0.25) is 5.91 Å². The molecule has 1 fully saturated rings. The zero-order valence-corrected chi connectivity index (χ0v) is 21.2. The fourth-order valence-corrected chi connectivity index (χ4v) is 4.69. The molecule has 0 atom stereocenters. The van der Waals surface area contributed by atoms with E-state index < -0.39 is 5.41 Å². The quantitative estimate of drug-likeness (QED) is 0.258. The number of hydrogen-bond donors (Lipinski definition) is 3. The largest absolute Gasteiger partial charge is 0.455 e. The van der Waals surface area contributed by atoms with Gasteiger partial charge in [0, 0.05) is 23.2 Å². The lowest BCUT2D eigenvalue weighted by atomic mass is 9.85. The number of nitrogen functional groups attached to an aromatic ring is 1. The molecule has 8 nitrogen and oxygen atoms in total. The van der Waals surface area contributed by atoms with Crippen LogP contribution in [0.15, 0.2) is 60.7 Å². The van der Waals surface area contributed by atoms with E-state index in [1.165, 1.54) is 11.3 Å². The zero-order valence-electron chi connectivity index (χ0n) is 20.4. The summed E-state index contributed by atoms with van der Waals surface area (Å²) in [5.74, 6) is 0.734. The third kappa shape index (κ3) is 5.25. The molecule has 0 saturated heterocycles. The lowest BCUT2D eigenvalue weighted by Gasteiger charge is -2.16. The molecule has 37 heavy (non-hydrogen) atoms. The molecule has 1 aliphatic carbocycles. The van der Waals surface area contributed by atoms with Crippen LogP contribution in [0.2, 0.25) is 0 Å². The van der Waals surface area contributed by atoms with Gasteiger partial charge in [0.05, 0.1) is 27.4 Å². The van der Waals surface area contributed by atoms with Gasteiger partial charge in [0.15, 0.2) is 10.9 Å². The summed E-state index contributed by atoms with van der Waals surface area (Å²) in [5, 5.41) is 15.7. The molecule has 1 heterocycles. The first-order valence-corrected chi connectivity index (χ1v) is 12.7. The van der Waals surface area contributed by atoms with E-state index in [4.69, 9.17) is 10.5 Å². The number of benzene rings is 3.